The van der Waals surface area contributed by atoms with Crippen LogP contribution in [0.5, 0.6) is 0 Å². The minimum absolute atomic E-state index is 0.679. The van der Waals surface area contributed by atoms with Crippen molar-refractivity contribution in [2.24, 2.45) is 0 Å². The van der Waals surface area contributed by atoms with Gasteiger partial charge in [-0.15, -0.1) is 0 Å². The summed E-state index contributed by atoms with van der Waals surface area (Å²) in [6.45, 7) is 0. The van der Waals surface area contributed by atoms with E-state index in [0.717, 1.165) is 22.1 Å². The van der Waals surface area contributed by atoms with Crippen LogP contribution in [0.4, 0.5) is 17.1 Å². The van der Waals surface area contributed by atoms with Crippen molar-refractivity contribution < 1.29 is 0 Å². The molecule has 0 radical (unpaired) electrons. The van der Waals surface area contributed by atoms with E-state index in [4.69, 9.17) is 11.0 Å². The highest BCUT2D eigenvalue weighted by Crippen LogP contribution is 2.29. The lowest BCUT2D eigenvalue weighted by Crippen LogP contribution is -1.94. The highest BCUT2D eigenvalue weighted by molar-refractivity contribution is 5.98. The van der Waals surface area contributed by atoms with Crippen LogP contribution in [0.3, 0.4) is 0 Å². The fourth-order valence-electron chi connectivity index (χ4n) is 2.28. The van der Waals surface area contributed by atoms with Gasteiger partial charge in [-0.1, -0.05) is 30.3 Å². The summed E-state index contributed by atoms with van der Waals surface area (Å²) in [6.07, 6.45) is 0. The predicted molar refractivity (Wildman–Crippen MR) is 82.8 cm³/mol. The third-order valence-electron chi connectivity index (χ3n) is 3.21. The minimum atomic E-state index is 0.679. The Hall–Kier alpha value is -2.99. The van der Waals surface area contributed by atoms with Gasteiger partial charge in [-0.3, -0.25) is 0 Å². The van der Waals surface area contributed by atoms with Crippen molar-refractivity contribution in [3.05, 3.63) is 66.2 Å². The molecule has 0 heterocycles. The van der Waals surface area contributed by atoms with Crippen LogP contribution in [0.15, 0.2) is 60.7 Å². The molecule has 0 unspecified atom stereocenters. The molecule has 0 saturated carbocycles. The van der Waals surface area contributed by atoms with E-state index in [1.165, 1.54) is 0 Å². The molecular formula is C17H13N3. The van der Waals surface area contributed by atoms with Gasteiger partial charge in [-0.25, -0.2) is 0 Å². The van der Waals surface area contributed by atoms with Crippen LogP contribution in [-0.2, 0) is 0 Å². The summed E-state index contributed by atoms with van der Waals surface area (Å²) >= 11 is 0. The third kappa shape index (κ3) is 2.15. The molecule has 20 heavy (non-hydrogen) atoms. The number of nitriles is 1. The van der Waals surface area contributed by atoms with E-state index in [1.54, 1.807) is 0 Å². The van der Waals surface area contributed by atoms with Gasteiger partial charge in [0.25, 0.3) is 0 Å². The van der Waals surface area contributed by atoms with Crippen molar-refractivity contribution in [2.75, 3.05) is 11.1 Å². The Bertz CT molecular complexity index is 816. The molecular weight excluding hydrogens is 246 g/mol. The monoisotopic (exact) mass is 259 g/mol. The molecule has 0 aromatic heterocycles. The molecule has 0 aliphatic heterocycles. The molecule has 3 nitrogen and oxygen atoms in total. The van der Waals surface area contributed by atoms with Gasteiger partial charge in [0.1, 0.15) is 0 Å². The lowest BCUT2D eigenvalue weighted by Gasteiger charge is -2.11. The molecule has 96 valence electrons. The minimum Gasteiger partial charge on any atom is -0.399 e. The van der Waals surface area contributed by atoms with Gasteiger partial charge in [0.2, 0.25) is 0 Å². The second kappa shape index (κ2) is 4.94. The number of fused-ring (bicyclic) bond motifs is 1. The fourth-order valence-corrected chi connectivity index (χ4v) is 2.28. The topological polar surface area (TPSA) is 61.8 Å². The average Bonchev–Trinajstić information content (AvgIpc) is 2.48. The first-order valence-electron chi connectivity index (χ1n) is 6.32. The van der Waals surface area contributed by atoms with Crippen LogP contribution >= 0.6 is 0 Å². The van der Waals surface area contributed by atoms with Crippen molar-refractivity contribution >= 4 is 27.8 Å². The van der Waals surface area contributed by atoms with E-state index in [-0.39, 0.29) is 0 Å². The maximum Gasteiger partial charge on any atom is 0.0998 e. The Labute approximate surface area is 117 Å². The van der Waals surface area contributed by atoms with E-state index < -0.39 is 0 Å². The quantitative estimate of drug-likeness (QED) is 0.683. The summed E-state index contributed by atoms with van der Waals surface area (Å²) in [5, 5.41) is 14.5. The average molecular weight is 259 g/mol. The molecule has 3 N–H and O–H groups in total. The third-order valence-corrected chi connectivity index (χ3v) is 3.21. The fraction of sp³-hybridized carbons (Fsp3) is 0. The number of nitrogens with two attached hydrogens (primary N) is 1. The van der Waals surface area contributed by atoms with E-state index >= 15 is 0 Å². The summed E-state index contributed by atoms with van der Waals surface area (Å²) in [4.78, 5) is 0. The molecule has 0 atom stereocenters. The second-order valence-corrected chi connectivity index (χ2v) is 4.57. The maximum absolute atomic E-state index is 9.17. The first-order valence-corrected chi connectivity index (χ1v) is 6.32. The summed E-state index contributed by atoms with van der Waals surface area (Å²) < 4.78 is 0. The van der Waals surface area contributed by atoms with E-state index in [9.17, 15) is 0 Å². The lowest BCUT2D eigenvalue weighted by molar-refractivity contribution is 1.50. The van der Waals surface area contributed by atoms with E-state index in [1.807, 2.05) is 60.7 Å². The van der Waals surface area contributed by atoms with Crippen LogP contribution < -0.4 is 11.1 Å². The number of hydrogen-bond acceptors (Lipinski definition) is 3. The Balaban J connectivity index is 2.11. The van der Waals surface area contributed by atoms with Gasteiger partial charge < -0.3 is 11.1 Å². The van der Waals surface area contributed by atoms with Crippen LogP contribution in [-0.4, -0.2) is 0 Å². The summed E-state index contributed by atoms with van der Waals surface area (Å²) in [7, 11) is 0. The van der Waals surface area contributed by atoms with Crippen molar-refractivity contribution in [1.29, 1.82) is 5.26 Å². The standard InChI is InChI=1S/C17H13N3/c18-11-12-8-9-17(16-7-2-1-6-15(12)16)20-14-5-3-4-13(19)10-14/h1-10,20H,19H2. The Kier molecular flexibility index (Phi) is 2.98. The van der Waals surface area contributed by atoms with Crippen molar-refractivity contribution in [1.82, 2.24) is 0 Å². The van der Waals surface area contributed by atoms with Gasteiger partial charge >= 0.3 is 0 Å². The molecule has 0 aliphatic rings. The molecule has 0 fully saturated rings. The molecule has 0 amide bonds. The van der Waals surface area contributed by atoms with Crippen LogP contribution in [0.2, 0.25) is 0 Å². The molecule has 0 aliphatic carbocycles. The van der Waals surface area contributed by atoms with Gasteiger partial charge in [0, 0.05) is 27.8 Å². The molecule has 0 saturated heterocycles. The van der Waals surface area contributed by atoms with Gasteiger partial charge in [-0.2, -0.15) is 5.26 Å². The van der Waals surface area contributed by atoms with Crippen molar-refractivity contribution in [3.63, 3.8) is 0 Å². The van der Waals surface area contributed by atoms with E-state index in [0.29, 0.717) is 11.3 Å². The van der Waals surface area contributed by atoms with Crippen LogP contribution in [0.25, 0.3) is 10.8 Å². The number of hydrogen-bond donors (Lipinski definition) is 2. The molecule has 3 rings (SSSR count). The van der Waals surface area contributed by atoms with Crippen molar-refractivity contribution in [3.8, 4) is 6.07 Å². The van der Waals surface area contributed by atoms with Gasteiger partial charge in [0.05, 0.1) is 11.6 Å². The zero-order valence-corrected chi connectivity index (χ0v) is 10.8. The smallest absolute Gasteiger partial charge is 0.0998 e. The largest absolute Gasteiger partial charge is 0.399 e. The number of benzene rings is 3. The number of nitrogens with zero attached hydrogens (tertiary/aromatic N) is 1. The SMILES string of the molecule is N#Cc1ccc(Nc2cccc(N)c2)c2ccccc12. The summed E-state index contributed by atoms with van der Waals surface area (Å²) in [5.74, 6) is 0. The highest BCUT2D eigenvalue weighted by Gasteiger charge is 2.05. The Morgan fingerprint density at radius 2 is 1.70 bits per heavy atom. The van der Waals surface area contributed by atoms with Gasteiger partial charge in [-0.05, 0) is 30.3 Å². The second-order valence-electron chi connectivity index (χ2n) is 4.57. The molecule has 3 heteroatoms. The lowest BCUT2D eigenvalue weighted by atomic mass is 10.0. The van der Waals surface area contributed by atoms with Crippen molar-refractivity contribution in [2.45, 2.75) is 0 Å². The molecule has 3 aromatic rings. The van der Waals surface area contributed by atoms with Crippen LogP contribution in [0, 0.1) is 11.3 Å². The predicted octanol–water partition coefficient (Wildman–Crippen LogP) is 4.04. The normalized spacial score (nSPS) is 10.2. The molecule has 0 bridgehead atoms. The first kappa shape index (κ1) is 12.1. The first-order chi connectivity index (χ1) is 9.78. The maximum atomic E-state index is 9.17. The molecule has 0 spiro atoms. The van der Waals surface area contributed by atoms with Crippen LogP contribution in [0.1, 0.15) is 5.56 Å². The Morgan fingerprint density at radius 1 is 0.900 bits per heavy atom. The number of rotatable bonds is 2. The summed E-state index contributed by atoms with van der Waals surface area (Å²) in [5.41, 5.74) is 9.08. The van der Waals surface area contributed by atoms with E-state index in [2.05, 4.69) is 11.4 Å². The Morgan fingerprint density at radius 3 is 2.45 bits per heavy atom. The zero-order chi connectivity index (χ0) is 13.9. The molecule has 3 aromatic carbocycles. The van der Waals surface area contributed by atoms with Gasteiger partial charge in [0.15, 0.2) is 0 Å². The number of anilines is 3. The summed E-state index contributed by atoms with van der Waals surface area (Å²) in [6, 6.07) is 21.4. The zero-order valence-electron chi connectivity index (χ0n) is 10.8. The number of nitrogen functional groups attached to an aromatic ring is 1. The number of nitrogens with one attached hydrogen (secondary N) is 1. The highest BCUT2D eigenvalue weighted by atomic mass is 14.9.